The predicted molar refractivity (Wildman–Crippen MR) is 52.4 cm³/mol. The topological polar surface area (TPSA) is 46.2 Å². The largest absolute Gasteiger partial charge is 0.307 e. The molecule has 0 radical (unpaired) electrons. The van der Waals surface area contributed by atoms with Gasteiger partial charge in [-0.3, -0.25) is 0 Å². The van der Waals surface area contributed by atoms with Crippen molar-refractivity contribution in [1.82, 2.24) is 5.32 Å². The summed E-state index contributed by atoms with van der Waals surface area (Å²) in [6, 6.07) is 0.216. The lowest BCUT2D eigenvalue weighted by Crippen LogP contribution is -2.60. The Hall–Kier alpha value is -0.0900. The van der Waals surface area contributed by atoms with Crippen LogP contribution in [0.2, 0.25) is 0 Å². The van der Waals surface area contributed by atoms with Crippen LogP contribution in [-0.2, 0) is 9.84 Å². The summed E-state index contributed by atoms with van der Waals surface area (Å²) in [5.41, 5.74) is -0.232. The monoisotopic (exact) mass is 203 g/mol. The zero-order valence-corrected chi connectivity index (χ0v) is 9.02. The average molecular weight is 203 g/mol. The minimum atomic E-state index is -2.83. The minimum absolute atomic E-state index is 0.0967. The highest BCUT2D eigenvalue weighted by Gasteiger charge is 2.46. The van der Waals surface area contributed by atoms with Crippen molar-refractivity contribution in [1.29, 1.82) is 0 Å². The van der Waals surface area contributed by atoms with E-state index in [0.29, 0.717) is 5.75 Å². The maximum Gasteiger partial charge on any atom is 0.156 e. The molecule has 0 amide bonds. The van der Waals surface area contributed by atoms with E-state index in [1.165, 1.54) is 0 Å². The molecule has 1 aliphatic carbocycles. The number of hydrogen-bond donors (Lipinski definition) is 1. The first-order valence-corrected chi connectivity index (χ1v) is 6.62. The lowest BCUT2D eigenvalue weighted by molar-refractivity contribution is 0.340. The summed E-state index contributed by atoms with van der Waals surface area (Å²) in [5, 5.41) is 3.33. The lowest BCUT2D eigenvalue weighted by atomic mass is 10.1. The molecule has 0 bridgehead atoms. The molecule has 1 N–H and O–H groups in total. The van der Waals surface area contributed by atoms with E-state index in [0.717, 1.165) is 19.3 Å². The smallest absolute Gasteiger partial charge is 0.156 e. The molecule has 0 aromatic rings. The number of sulfone groups is 1. The van der Waals surface area contributed by atoms with Crippen molar-refractivity contribution in [2.24, 2.45) is 0 Å². The fraction of sp³-hybridized carbons (Fsp3) is 1.00. The van der Waals surface area contributed by atoms with Crippen molar-refractivity contribution in [2.75, 3.05) is 5.75 Å². The van der Waals surface area contributed by atoms with Gasteiger partial charge in [-0.25, -0.2) is 8.42 Å². The Morgan fingerprint density at radius 1 is 1.31 bits per heavy atom. The summed E-state index contributed by atoms with van der Waals surface area (Å²) in [7, 11) is -2.83. The van der Waals surface area contributed by atoms with Crippen LogP contribution >= 0.6 is 0 Å². The molecule has 1 saturated heterocycles. The van der Waals surface area contributed by atoms with Crippen LogP contribution < -0.4 is 5.32 Å². The number of nitrogens with one attached hydrogen (secondary N) is 1. The maximum atomic E-state index is 11.8. The van der Waals surface area contributed by atoms with Crippen LogP contribution in [0.15, 0.2) is 0 Å². The zero-order valence-electron chi connectivity index (χ0n) is 8.21. The van der Waals surface area contributed by atoms with Crippen molar-refractivity contribution in [2.45, 2.75) is 49.9 Å². The van der Waals surface area contributed by atoms with Crippen LogP contribution in [0.1, 0.15) is 33.1 Å². The third-order valence-corrected chi connectivity index (χ3v) is 5.66. The van der Waals surface area contributed by atoms with Gasteiger partial charge in [0.2, 0.25) is 0 Å². The number of hydrogen-bond acceptors (Lipinski definition) is 3. The molecular weight excluding hydrogens is 186 g/mol. The van der Waals surface area contributed by atoms with Crippen LogP contribution in [0.5, 0.6) is 0 Å². The van der Waals surface area contributed by atoms with Gasteiger partial charge in [0.15, 0.2) is 9.84 Å². The molecule has 0 aromatic heterocycles. The molecule has 2 unspecified atom stereocenters. The summed E-state index contributed by atoms with van der Waals surface area (Å²) in [5.74, 6) is 0.293. The van der Waals surface area contributed by atoms with Gasteiger partial charge in [0, 0.05) is 11.6 Å². The van der Waals surface area contributed by atoms with Crippen LogP contribution in [-0.4, -0.2) is 31.0 Å². The molecule has 1 saturated carbocycles. The summed E-state index contributed by atoms with van der Waals surface area (Å²) in [4.78, 5) is 0. The molecular formula is C9H17NO2S. The highest BCUT2D eigenvalue weighted by molar-refractivity contribution is 7.92. The summed E-state index contributed by atoms with van der Waals surface area (Å²) >= 11 is 0. The molecule has 13 heavy (non-hydrogen) atoms. The van der Waals surface area contributed by atoms with Crippen LogP contribution in [0.25, 0.3) is 0 Å². The Labute approximate surface area is 79.8 Å². The van der Waals surface area contributed by atoms with E-state index in [1.54, 1.807) is 0 Å². The van der Waals surface area contributed by atoms with Gasteiger partial charge in [-0.15, -0.1) is 0 Å². The Balaban J connectivity index is 2.31. The van der Waals surface area contributed by atoms with E-state index < -0.39 is 9.84 Å². The van der Waals surface area contributed by atoms with Crippen LogP contribution in [0, 0.1) is 0 Å². The zero-order chi connectivity index (χ0) is 9.69. The highest BCUT2D eigenvalue weighted by Crippen LogP contribution is 2.32. The van der Waals surface area contributed by atoms with E-state index in [-0.39, 0.29) is 16.8 Å². The second-order valence-electron chi connectivity index (χ2n) is 4.91. The average Bonchev–Trinajstić information content (AvgIpc) is 2.29. The van der Waals surface area contributed by atoms with Crippen molar-refractivity contribution >= 4 is 9.84 Å². The molecule has 2 atom stereocenters. The minimum Gasteiger partial charge on any atom is -0.307 e. The van der Waals surface area contributed by atoms with Gasteiger partial charge >= 0.3 is 0 Å². The van der Waals surface area contributed by atoms with Gasteiger partial charge in [-0.05, 0) is 26.7 Å². The second-order valence-corrected chi connectivity index (χ2v) is 7.13. The molecule has 1 aliphatic heterocycles. The van der Waals surface area contributed by atoms with E-state index in [1.807, 2.05) is 13.8 Å². The number of fused-ring (bicyclic) bond motifs is 1. The van der Waals surface area contributed by atoms with Gasteiger partial charge in [0.25, 0.3) is 0 Å². The lowest BCUT2D eigenvalue weighted by Gasteiger charge is -2.38. The third kappa shape index (κ3) is 1.62. The van der Waals surface area contributed by atoms with E-state index in [2.05, 4.69) is 5.32 Å². The van der Waals surface area contributed by atoms with E-state index >= 15 is 0 Å². The fourth-order valence-corrected chi connectivity index (χ4v) is 5.21. The van der Waals surface area contributed by atoms with Crippen LogP contribution in [0.4, 0.5) is 0 Å². The standard InChI is InChI=1S/C9H17NO2S/c1-9(2)6-13(11,12)8-5-3-4-7(8)10-9/h7-8,10H,3-6H2,1-2H3. The third-order valence-electron chi connectivity index (χ3n) is 3.05. The first kappa shape index (κ1) is 9.46. The predicted octanol–water partition coefficient (Wildman–Crippen LogP) is 0.704. The summed E-state index contributed by atoms with van der Waals surface area (Å²) < 4.78 is 23.7. The first-order chi connectivity index (χ1) is 5.91. The van der Waals surface area contributed by atoms with Gasteiger partial charge in [-0.2, -0.15) is 0 Å². The normalized spacial score (nSPS) is 41.4. The van der Waals surface area contributed by atoms with Crippen molar-refractivity contribution in [3.05, 3.63) is 0 Å². The quantitative estimate of drug-likeness (QED) is 0.630. The van der Waals surface area contributed by atoms with E-state index in [9.17, 15) is 8.42 Å². The maximum absolute atomic E-state index is 11.8. The Morgan fingerprint density at radius 3 is 2.69 bits per heavy atom. The van der Waals surface area contributed by atoms with Crippen molar-refractivity contribution < 1.29 is 8.42 Å². The molecule has 1 heterocycles. The van der Waals surface area contributed by atoms with E-state index in [4.69, 9.17) is 0 Å². The first-order valence-electron chi connectivity index (χ1n) is 4.90. The molecule has 76 valence electrons. The molecule has 3 nitrogen and oxygen atoms in total. The fourth-order valence-electron chi connectivity index (χ4n) is 2.67. The Kier molecular flexibility index (Phi) is 1.97. The SMILES string of the molecule is CC1(C)CS(=O)(=O)C2CCCC2N1. The van der Waals surface area contributed by atoms with Gasteiger partial charge in [0.05, 0.1) is 11.0 Å². The summed E-state index contributed by atoms with van der Waals surface area (Å²) in [6.45, 7) is 3.94. The van der Waals surface area contributed by atoms with Gasteiger partial charge in [0.1, 0.15) is 0 Å². The Morgan fingerprint density at radius 2 is 2.00 bits per heavy atom. The highest BCUT2D eigenvalue weighted by atomic mass is 32.2. The molecule has 0 aromatic carbocycles. The van der Waals surface area contributed by atoms with Crippen molar-refractivity contribution in [3.8, 4) is 0 Å². The van der Waals surface area contributed by atoms with Crippen LogP contribution in [0.3, 0.4) is 0 Å². The number of rotatable bonds is 0. The molecule has 2 aliphatic rings. The van der Waals surface area contributed by atoms with Gasteiger partial charge < -0.3 is 5.32 Å². The molecule has 2 fully saturated rings. The molecule has 4 heteroatoms. The molecule has 2 rings (SSSR count). The summed E-state index contributed by atoms with van der Waals surface area (Å²) in [6.07, 6.45) is 2.93. The second kappa shape index (κ2) is 2.70. The molecule has 0 spiro atoms. The Bertz CT molecular complexity index is 308. The van der Waals surface area contributed by atoms with Crippen molar-refractivity contribution in [3.63, 3.8) is 0 Å². The van der Waals surface area contributed by atoms with Gasteiger partial charge in [-0.1, -0.05) is 6.42 Å².